The summed E-state index contributed by atoms with van der Waals surface area (Å²) in [5.74, 6) is 0.149. The molecule has 0 bridgehead atoms. The lowest BCUT2D eigenvalue weighted by atomic mass is 10.1. The number of carbonyl (C=O) groups excluding carboxylic acids is 2. The molecule has 0 fully saturated rings. The summed E-state index contributed by atoms with van der Waals surface area (Å²) in [6.45, 7) is 4.35. The van der Waals surface area contributed by atoms with Crippen molar-refractivity contribution in [1.29, 1.82) is 0 Å². The maximum Gasteiger partial charge on any atom is 0.233 e. The Morgan fingerprint density at radius 2 is 1.76 bits per heavy atom. The first kappa shape index (κ1) is 18.5. The van der Waals surface area contributed by atoms with Gasteiger partial charge in [0.2, 0.25) is 11.8 Å². The number of nitrogens with one attached hydrogen (secondary N) is 2. The average molecular weight is 340 g/mol. The molecule has 0 radical (unpaired) electrons. The lowest BCUT2D eigenvalue weighted by Crippen LogP contribution is -2.28. The van der Waals surface area contributed by atoms with E-state index in [0.29, 0.717) is 6.54 Å². The molecule has 0 saturated carbocycles. The molecule has 5 heteroatoms. The van der Waals surface area contributed by atoms with E-state index in [-0.39, 0.29) is 18.2 Å². The molecule has 0 aliphatic rings. The lowest BCUT2D eigenvalue weighted by molar-refractivity contribution is -0.126. The van der Waals surface area contributed by atoms with Gasteiger partial charge in [-0.25, -0.2) is 0 Å². The highest BCUT2D eigenvalue weighted by Crippen LogP contribution is 2.21. The van der Waals surface area contributed by atoms with Crippen LogP contribution in [0.3, 0.4) is 0 Å². The summed E-state index contributed by atoms with van der Waals surface area (Å²) >= 11 is 0. The van der Waals surface area contributed by atoms with Gasteiger partial charge >= 0.3 is 0 Å². The smallest absolute Gasteiger partial charge is 0.233 e. The molecule has 25 heavy (non-hydrogen) atoms. The van der Waals surface area contributed by atoms with E-state index in [0.717, 1.165) is 34.5 Å². The summed E-state index contributed by atoms with van der Waals surface area (Å²) in [5, 5.41) is 5.61. The third kappa shape index (κ3) is 5.35. The van der Waals surface area contributed by atoms with Crippen LogP contribution in [0.2, 0.25) is 0 Å². The summed E-state index contributed by atoms with van der Waals surface area (Å²) in [5.41, 5.74) is 3.80. The summed E-state index contributed by atoms with van der Waals surface area (Å²) in [6.07, 6.45) is 0.620. The third-order valence-corrected chi connectivity index (χ3v) is 3.97. The van der Waals surface area contributed by atoms with Gasteiger partial charge in [-0.3, -0.25) is 9.59 Å². The predicted molar refractivity (Wildman–Crippen MR) is 98.6 cm³/mol. The maximum atomic E-state index is 12.1. The summed E-state index contributed by atoms with van der Waals surface area (Å²) in [6, 6.07) is 13.3. The van der Waals surface area contributed by atoms with E-state index in [4.69, 9.17) is 4.74 Å². The number of carbonyl (C=O) groups is 2. The Morgan fingerprint density at radius 3 is 2.40 bits per heavy atom. The van der Waals surface area contributed by atoms with Crippen molar-refractivity contribution in [2.75, 3.05) is 12.4 Å². The first-order valence-electron chi connectivity index (χ1n) is 8.31. The fraction of sp³-hybridized carbons (Fsp3) is 0.300. The van der Waals surface area contributed by atoms with Crippen molar-refractivity contribution in [2.45, 2.75) is 33.2 Å². The Kier molecular flexibility index (Phi) is 6.57. The molecule has 0 aromatic heterocycles. The van der Waals surface area contributed by atoms with Crippen molar-refractivity contribution in [2.24, 2.45) is 0 Å². The van der Waals surface area contributed by atoms with Gasteiger partial charge in [0, 0.05) is 12.2 Å². The molecule has 2 aromatic rings. The number of amides is 2. The minimum atomic E-state index is -0.309. The van der Waals surface area contributed by atoms with E-state index >= 15 is 0 Å². The van der Waals surface area contributed by atoms with Crippen LogP contribution < -0.4 is 15.4 Å². The topological polar surface area (TPSA) is 67.4 Å². The SMILES string of the molecule is CCc1cccc(C)c1NC(=O)CC(=O)NCc1ccc(OC)cc1. The molecule has 0 unspecified atom stereocenters. The van der Waals surface area contributed by atoms with Crippen molar-refractivity contribution in [3.05, 3.63) is 59.2 Å². The quantitative estimate of drug-likeness (QED) is 0.761. The van der Waals surface area contributed by atoms with Crippen LogP contribution in [0, 0.1) is 6.92 Å². The molecule has 5 nitrogen and oxygen atoms in total. The zero-order chi connectivity index (χ0) is 18.2. The van der Waals surface area contributed by atoms with Gasteiger partial charge in [-0.2, -0.15) is 0 Å². The van der Waals surface area contributed by atoms with Crippen LogP contribution in [0.5, 0.6) is 5.75 Å². The molecule has 2 rings (SSSR count). The number of anilines is 1. The Hall–Kier alpha value is -2.82. The monoisotopic (exact) mass is 340 g/mol. The van der Waals surface area contributed by atoms with Gasteiger partial charge in [0.15, 0.2) is 0 Å². The molecular formula is C20H24N2O3. The second-order valence-corrected chi connectivity index (χ2v) is 5.81. The Balaban J connectivity index is 1.87. The van der Waals surface area contributed by atoms with E-state index < -0.39 is 0 Å². The lowest BCUT2D eigenvalue weighted by Gasteiger charge is -2.13. The highest BCUT2D eigenvalue weighted by molar-refractivity contribution is 6.04. The second-order valence-electron chi connectivity index (χ2n) is 5.81. The van der Waals surface area contributed by atoms with Crippen LogP contribution in [0.25, 0.3) is 0 Å². The Morgan fingerprint density at radius 1 is 1.04 bits per heavy atom. The number of hydrogen-bond acceptors (Lipinski definition) is 3. The van der Waals surface area contributed by atoms with Gasteiger partial charge < -0.3 is 15.4 Å². The number of ether oxygens (including phenoxy) is 1. The van der Waals surface area contributed by atoms with Crippen LogP contribution in [0.4, 0.5) is 5.69 Å². The number of benzene rings is 2. The highest BCUT2D eigenvalue weighted by atomic mass is 16.5. The normalized spacial score (nSPS) is 10.2. The first-order valence-corrected chi connectivity index (χ1v) is 8.31. The van der Waals surface area contributed by atoms with Crippen LogP contribution in [-0.2, 0) is 22.6 Å². The van der Waals surface area contributed by atoms with E-state index in [9.17, 15) is 9.59 Å². The van der Waals surface area contributed by atoms with Crippen LogP contribution in [0.1, 0.15) is 30.0 Å². The van der Waals surface area contributed by atoms with Crippen LogP contribution >= 0.6 is 0 Å². The van der Waals surface area contributed by atoms with Gasteiger partial charge in [-0.1, -0.05) is 37.3 Å². The van der Waals surface area contributed by atoms with Crippen molar-refractivity contribution < 1.29 is 14.3 Å². The largest absolute Gasteiger partial charge is 0.497 e. The minimum Gasteiger partial charge on any atom is -0.497 e. The fourth-order valence-electron chi connectivity index (χ4n) is 2.54. The maximum absolute atomic E-state index is 12.1. The number of hydrogen-bond donors (Lipinski definition) is 2. The van der Waals surface area contributed by atoms with Gasteiger partial charge in [0.05, 0.1) is 7.11 Å². The summed E-state index contributed by atoms with van der Waals surface area (Å²) in [7, 11) is 1.60. The number of aryl methyl sites for hydroxylation is 2. The van der Waals surface area contributed by atoms with Crippen molar-refractivity contribution in [1.82, 2.24) is 5.32 Å². The molecule has 2 amide bonds. The third-order valence-electron chi connectivity index (χ3n) is 3.97. The molecule has 0 aliphatic heterocycles. The molecule has 2 aromatic carbocycles. The molecule has 0 aliphatic carbocycles. The average Bonchev–Trinajstić information content (AvgIpc) is 2.62. The van der Waals surface area contributed by atoms with Crippen LogP contribution in [0.15, 0.2) is 42.5 Å². The van der Waals surface area contributed by atoms with Crippen molar-refractivity contribution in [3.8, 4) is 5.75 Å². The van der Waals surface area contributed by atoms with Gasteiger partial charge in [-0.05, 0) is 42.2 Å². The molecule has 132 valence electrons. The Bertz CT molecular complexity index is 739. The second kappa shape index (κ2) is 8.87. The van der Waals surface area contributed by atoms with E-state index in [1.165, 1.54) is 0 Å². The van der Waals surface area contributed by atoms with Gasteiger partial charge in [-0.15, -0.1) is 0 Å². The summed E-state index contributed by atoms with van der Waals surface area (Å²) < 4.78 is 5.09. The van der Waals surface area contributed by atoms with Crippen molar-refractivity contribution in [3.63, 3.8) is 0 Å². The molecule has 0 saturated heterocycles. The van der Waals surface area contributed by atoms with E-state index in [1.807, 2.05) is 56.3 Å². The molecule has 0 spiro atoms. The molecule has 0 atom stereocenters. The standard InChI is InChI=1S/C20H24N2O3/c1-4-16-7-5-6-14(2)20(16)22-19(24)12-18(23)21-13-15-8-10-17(25-3)11-9-15/h5-11H,4,12-13H2,1-3H3,(H,21,23)(H,22,24). The minimum absolute atomic E-state index is 0.201. The predicted octanol–water partition coefficient (Wildman–Crippen LogP) is 3.21. The first-order chi connectivity index (χ1) is 12.0. The number of para-hydroxylation sites is 1. The Labute approximate surface area is 148 Å². The number of methoxy groups -OCH3 is 1. The zero-order valence-corrected chi connectivity index (χ0v) is 14.9. The highest BCUT2D eigenvalue weighted by Gasteiger charge is 2.12. The van der Waals surface area contributed by atoms with Gasteiger partial charge in [0.1, 0.15) is 12.2 Å². The zero-order valence-electron chi connectivity index (χ0n) is 14.9. The molecule has 0 heterocycles. The van der Waals surface area contributed by atoms with Gasteiger partial charge in [0.25, 0.3) is 0 Å². The molecular weight excluding hydrogens is 316 g/mol. The molecule has 2 N–H and O–H groups in total. The fourth-order valence-corrected chi connectivity index (χ4v) is 2.54. The number of rotatable bonds is 7. The van der Waals surface area contributed by atoms with E-state index in [2.05, 4.69) is 10.6 Å². The summed E-state index contributed by atoms with van der Waals surface area (Å²) in [4.78, 5) is 24.1. The van der Waals surface area contributed by atoms with Crippen molar-refractivity contribution >= 4 is 17.5 Å². The van der Waals surface area contributed by atoms with E-state index in [1.54, 1.807) is 7.11 Å². The van der Waals surface area contributed by atoms with Crippen LogP contribution in [-0.4, -0.2) is 18.9 Å².